The molecule has 36 heavy (non-hydrogen) atoms. The number of unbranched alkanes of at least 4 members (excludes halogenated alkanes) is 3. The Bertz CT molecular complexity index is 1080. The van der Waals surface area contributed by atoms with E-state index in [0.717, 1.165) is 23.3 Å². The molecule has 4 N–H and O–H groups in total. The molecule has 0 aliphatic carbocycles. The van der Waals surface area contributed by atoms with Crippen LogP contribution in [0.3, 0.4) is 0 Å². The molecule has 4 unspecified atom stereocenters. The fourth-order valence-electron chi connectivity index (χ4n) is 4.57. The van der Waals surface area contributed by atoms with Crippen LogP contribution in [0.25, 0.3) is 0 Å². The second-order valence-electron chi connectivity index (χ2n) is 9.62. The summed E-state index contributed by atoms with van der Waals surface area (Å²) in [4.78, 5) is 39.3. The highest BCUT2D eigenvalue weighted by atomic mass is 32.2. The van der Waals surface area contributed by atoms with Crippen LogP contribution in [0.2, 0.25) is 0 Å². The van der Waals surface area contributed by atoms with E-state index in [0.29, 0.717) is 19.3 Å². The molecule has 3 heterocycles. The standard InChI is InChI=1S/C21H36N8O5S2/c1-5-7-8-9-11-36(33,34)29-17(25-26-27-29)16-21(3,4)35-20-15(19(32)28(16)20)24-18(31)13(10-6-2)23-14(30)12-22/h13,15-16,20H,5-12,22H2,1-4H3,(H,23,30)(H,24,31). The number of hydrogen-bond acceptors (Lipinski definition) is 10. The molecule has 0 spiro atoms. The lowest BCUT2D eigenvalue weighted by Gasteiger charge is -2.44. The molecule has 2 aliphatic heterocycles. The maximum Gasteiger partial charge on any atom is 0.256 e. The van der Waals surface area contributed by atoms with Gasteiger partial charge in [-0.3, -0.25) is 14.4 Å². The van der Waals surface area contributed by atoms with Gasteiger partial charge < -0.3 is 21.3 Å². The van der Waals surface area contributed by atoms with E-state index in [2.05, 4.69) is 26.2 Å². The van der Waals surface area contributed by atoms with Gasteiger partial charge in [0, 0.05) is 4.75 Å². The highest BCUT2D eigenvalue weighted by Crippen LogP contribution is 2.57. The Hall–Kier alpha value is -2.26. The molecule has 4 atom stereocenters. The highest BCUT2D eigenvalue weighted by Gasteiger charge is 2.64. The molecular weight excluding hydrogens is 508 g/mol. The number of rotatable bonds is 13. The Kier molecular flexibility index (Phi) is 8.98. The Morgan fingerprint density at radius 3 is 2.56 bits per heavy atom. The van der Waals surface area contributed by atoms with Crippen LogP contribution in [0.15, 0.2) is 0 Å². The van der Waals surface area contributed by atoms with E-state index in [4.69, 9.17) is 5.73 Å². The molecule has 1 aromatic rings. The molecule has 2 aliphatic rings. The van der Waals surface area contributed by atoms with Crippen LogP contribution in [0.1, 0.15) is 78.1 Å². The first-order valence-electron chi connectivity index (χ1n) is 12.3. The van der Waals surface area contributed by atoms with E-state index >= 15 is 0 Å². The minimum absolute atomic E-state index is 0.0858. The fourth-order valence-corrected chi connectivity index (χ4v) is 7.51. The van der Waals surface area contributed by atoms with Crippen molar-refractivity contribution in [3.8, 4) is 0 Å². The van der Waals surface area contributed by atoms with Crippen LogP contribution >= 0.6 is 11.8 Å². The van der Waals surface area contributed by atoms with E-state index in [9.17, 15) is 22.8 Å². The largest absolute Gasteiger partial charge is 0.343 e. The number of amides is 3. The van der Waals surface area contributed by atoms with Crippen LogP contribution in [0, 0.1) is 0 Å². The predicted molar refractivity (Wildman–Crippen MR) is 134 cm³/mol. The first-order valence-corrected chi connectivity index (χ1v) is 14.8. The van der Waals surface area contributed by atoms with E-state index < -0.39 is 50.1 Å². The second kappa shape index (κ2) is 11.4. The lowest BCUT2D eigenvalue weighted by molar-refractivity contribution is -0.152. The van der Waals surface area contributed by atoms with Crippen LogP contribution in [0.5, 0.6) is 0 Å². The summed E-state index contributed by atoms with van der Waals surface area (Å²) in [6.07, 6.45) is 4.26. The first-order chi connectivity index (χ1) is 17.0. The van der Waals surface area contributed by atoms with Crippen LogP contribution in [-0.2, 0) is 24.4 Å². The third-order valence-corrected chi connectivity index (χ3v) is 9.54. The van der Waals surface area contributed by atoms with Gasteiger partial charge in [-0.2, -0.15) is 0 Å². The average molecular weight is 545 g/mol. The van der Waals surface area contributed by atoms with Crippen LogP contribution < -0.4 is 16.4 Å². The second-order valence-corrected chi connectivity index (χ2v) is 13.3. The number of aromatic nitrogens is 4. The summed E-state index contributed by atoms with van der Waals surface area (Å²) >= 11 is 1.44. The number of nitrogens with two attached hydrogens (primary N) is 1. The van der Waals surface area contributed by atoms with E-state index in [-0.39, 0.29) is 24.0 Å². The molecule has 2 fully saturated rings. The zero-order valence-electron chi connectivity index (χ0n) is 21.1. The van der Waals surface area contributed by atoms with Gasteiger partial charge in [0.25, 0.3) is 10.0 Å². The van der Waals surface area contributed by atoms with Crippen molar-refractivity contribution in [2.45, 2.75) is 94.5 Å². The number of carbonyl (C=O) groups is 3. The number of nitrogens with one attached hydrogen (secondary N) is 2. The summed E-state index contributed by atoms with van der Waals surface area (Å²) in [7, 11) is -3.80. The lowest BCUT2D eigenvalue weighted by atomic mass is 9.95. The first kappa shape index (κ1) is 28.3. The van der Waals surface area contributed by atoms with Crippen molar-refractivity contribution < 1.29 is 22.8 Å². The Balaban J connectivity index is 1.77. The fraction of sp³-hybridized carbons (Fsp3) is 0.810. The van der Waals surface area contributed by atoms with Gasteiger partial charge in [-0.25, -0.2) is 8.42 Å². The predicted octanol–water partition coefficient (Wildman–Crippen LogP) is -0.105. The number of carbonyl (C=O) groups excluding carboxylic acids is 3. The van der Waals surface area contributed by atoms with Gasteiger partial charge in [-0.15, -0.1) is 20.9 Å². The molecule has 3 amide bonds. The van der Waals surface area contributed by atoms with Gasteiger partial charge in [0.2, 0.25) is 17.7 Å². The molecular formula is C21H36N8O5S2. The molecule has 13 nitrogen and oxygen atoms in total. The van der Waals surface area contributed by atoms with Gasteiger partial charge in [-0.1, -0.05) is 39.5 Å². The highest BCUT2D eigenvalue weighted by molar-refractivity contribution is 8.01. The summed E-state index contributed by atoms with van der Waals surface area (Å²) in [6.45, 7) is 7.47. The Morgan fingerprint density at radius 1 is 1.19 bits per heavy atom. The monoisotopic (exact) mass is 544 g/mol. The summed E-state index contributed by atoms with van der Waals surface area (Å²) < 4.78 is 26.2. The Morgan fingerprint density at radius 2 is 1.92 bits per heavy atom. The number of fused-ring (bicyclic) bond motifs is 1. The van der Waals surface area contributed by atoms with E-state index in [1.807, 2.05) is 27.7 Å². The van der Waals surface area contributed by atoms with Crippen molar-refractivity contribution in [3.63, 3.8) is 0 Å². The van der Waals surface area contributed by atoms with Gasteiger partial charge in [0.05, 0.1) is 12.3 Å². The maximum atomic E-state index is 13.2. The van der Waals surface area contributed by atoms with Gasteiger partial charge >= 0.3 is 0 Å². The zero-order chi connectivity index (χ0) is 26.7. The number of β-lactam (4-membered cyclic amide) rings is 1. The summed E-state index contributed by atoms with van der Waals surface area (Å²) in [5.41, 5.74) is 5.35. The zero-order valence-corrected chi connectivity index (χ0v) is 22.8. The van der Waals surface area contributed by atoms with Gasteiger partial charge in [0.1, 0.15) is 23.5 Å². The van der Waals surface area contributed by atoms with Crippen LogP contribution in [-0.4, -0.2) is 85.2 Å². The molecule has 0 radical (unpaired) electrons. The van der Waals surface area contributed by atoms with Crippen molar-refractivity contribution in [1.29, 1.82) is 0 Å². The molecule has 0 saturated carbocycles. The smallest absolute Gasteiger partial charge is 0.256 e. The Labute approximate surface area is 215 Å². The average Bonchev–Trinajstić information content (AvgIpc) is 3.40. The SMILES string of the molecule is CCCCCCS(=O)(=O)n1nnnc1C1N2C(=O)C(NC(=O)C(CCC)NC(=O)CN)C2SC1(C)C. The quantitative estimate of drug-likeness (QED) is 0.224. The minimum Gasteiger partial charge on any atom is -0.343 e. The van der Waals surface area contributed by atoms with Crippen LogP contribution in [0.4, 0.5) is 0 Å². The number of hydrogen-bond donors (Lipinski definition) is 3. The third-order valence-electron chi connectivity index (χ3n) is 6.38. The van der Waals surface area contributed by atoms with Crippen molar-refractivity contribution >= 4 is 39.5 Å². The van der Waals surface area contributed by atoms with Crippen molar-refractivity contribution in [3.05, 3.63) is 5.82 Å². The molecule has 2 saturated heterocycles. The number of tetrazole rings is 1. The van der Waals surface area contributed by atoms with E-state index in [1.54, 1.807) is 0 Å². The number of nitrogens with zero attached hydrogens (tertiary/aromatic N) is 5. The summed E-state index contributed by atoms with van der Waals surface area (Å²) in [6, 6.07) is -2.30. The molecule has 0 bridgehead atoms. The summed E-state index contributed by atoms with van der Waals surface area (Å²) in [5, 5.41) is 16.3. The topological polar surface area (TPSA) is 182 Å². The molecule has 15 heteroatoms. The number of thioether (sulfide) groups is 1. The van der Waals surface area contributed by atoms with Crippen molar-refractivity contribution in [2.24, 2.45) is 5.73 Å². The molecule has 1 aromatic heterocycles. The lowest BCUT2D eigenvalue weighted by Crippen LogP contribution is -2.69. The third kappa shape index (κ3) is 5.67. The molecule has 202 valence electrons. The maximum absolute atomic E-state index is 13.2. The van der Waals surface area contributed by atoms with E-state index in [1.165, 1.54) is 16.7 Å². The van der Waals surface area contributed by atoms with Gasteiger partial charge in [0.15, 0.2) is 5.82 Å². The van der Waals surface area contributed by atoms with Crippen molar-refractivity contribution in [1.82, 2.24) is 35.1 Å². The minimum atomic E-state index is -3.80. The molecule has 0 aromatic carbocycles. The molecule has 3 rings (SSSR count). The summed E-state index contributed by atoms with van der Waals surface area (Å²) in [5.74, 6) is -1.27. The normalized spacial score (nSPS) is 23.6. The van der Waals surface area contributed by atoms with Crippen molar-refractivity contribution in [2.75, 3.05) is 12.3 Å². The van der Waals surface area contributed by atoms with Gasteiger partial charge in [-0.05, 0) is 37.1 Å².